The van der Waals surface area contributed by atoms with Crippen molar-refractivity contribution >= 4 is 0 Å². The highest BCUT2D eigenvalue weighted by Gasteiger charge is 2.26. The minimum absolute atomic E-state index is 0.546. The monoisotopic (exact) mass is 536 g/mol. The molecule has 2 aliphatic rings. The van der Waals surface area contributed by atoms with E-state index in [4.69, 9.17) is 0 Å². The molecular weight excluding hydrogens is 470 g/mol. The first-order valence-corrected chi connectivity index (χ1v) is 16.4. The second kappa shape index (κ2) is 18.7. The fourth-order valence-corrected chi connectivity index (χ4v) is 6.15. The summed E-state index contributed by atoms with van der Waals surface area (Å²) < 4.78 is 0. The van der Waals surface area contributed by atoms with Crippen LogP contribution in [-0.2, 0) is 19.3 Å². The molecule has 1 saturated heterocycles. The molecule has 39 heavy (non-hydrogen) atoms. The van der Waals surface area contributed by atoms with Gasteiger partial charge >= 0.3 is 0 Å². The van der Waals surface area contributed by atoms with Crippen molar-refractivity contribution in [3.63, 3.8) is 0 Å². The van der Waals surface area contributed by atoms with E-state index in [1.807, 2.05) is 19.9 Å². The number of fused-ring (bicyclic) bond motifs is 1. The maximum absolute atomic E-state index is 3.86. The van der Waals surface area contributed by atoms with Crippen LogP contribution in [0.3, 0.4) is 0 Å². The molecule has 1 heteroatoms. The highest BCUT2D eigenvalue weighted by Crippen LogP contribution is 2.31. The molecule has 1 unspecified atom stereocenters. The van der Waals surface area contributed by atoms with Gasteiger partial charge in [-0.15, -0.1) is 0 Å². The average molecular weight is 536 g/mol. The minimum atomic E-state index is 0.546. The summed E-state index contributed by atoms with van der Waals surface area (Å²) in [6, 6.07) is 7.11. The van der Waals surface area contributed by atoms with Crippen LogP contribution in [0.4, 0.5) is 0 Å². The number of allylic oxidation sites excluding steroid dienone is 5. The highest BCUT2D eigenvalue weighted by atomic mass is 15.1. The van der Waals surface area contributed by atoms with Crippen LogP contribution in [-0.4, -0.2) is 24.5 Å². The highest BCUT2D eigenvalue weighted by molar-refractivity contribution is 5.37. The van der Waals surface area contributed by atoms with Crippen LogP contribution in [0.15, 0.2) is 53.6 Å². The van der Waals surface area contributed by atoms with E-state index in [-0.39, 0.29) is 0 Å². The predicted octanol–water partition coefficient (Wildman–Crippen LogP) is 11.2. The van der Waals surface area contributed by atoms with Crippen LogP contribution in [0.1, 0.15) is 131 Å². The summed E-state index contributed by atoms with van der Waals surface area (Å²) in [5.74, 6) is 1.50. The molecule has 1 nitrogen and oxygen atoms in total. The zero-order valence-electron chi connectivity index (χ0n) is 27.9. The molecule has 0 N–H and O–H groups in total. The Morgan fingerprint density at radius 3 is 2.10 bits per heavy atom. The van der Waals surface area contributed by atoms with E-state index in [0.29, 0.717) is 11.3 Å². The van der Waals surface area contributed by atoms with Gasteiger partial charge in [-0.05, 0) is 125 Å². The lowest BCUT2D eigenvalue weighted by atomic mass is 9.82. The maximum Gasteiger partial charge on any atom is 0.000966 e. The summed E-state index contributed by atoms with van der Waals surface area (Å²) in [6.07, 6.45) is 17.5. The lowest BCUT2D eigenvalue weighted by molar-refractivity contribution is 0.113. The van der Waals surface area contributed by atoms with Crippen molar-refractivity contribution in [3.05, 3.63) is 70.3 Å². The van der Waals surface area contributed by atoms with E-state index in [2.05, 4.69) is 91.1 Å². The Hall–Kier alpha value is -1.60. The number of hydrogen-bond acceptors (Lipinski definition) is 1. The van der Waals surface area contributed by atoms with Gasteiger partial charge in [0.1, 0.15) is 0 Å². The van der Waals surface area contributed by atoms with Crippen molar-refractivity contribution in [2.75, 3.05) is 19.6 Å². The topological polar surface area (TPSA) is 3.24 Å². The first-order chi connectivity index (χ1) is 18.6. The maximum atomic E-state index is 3.86. The van der Waals surface area contributed by atoms with Crippen molar-refractivity contribution in [2.45, 2.75) is 133 Å². The van der Waals surface area contributed by atoms with Gasteiger partial charge in [0.2, 0.25) is 0 Å². The third-order valence-corrected chi connectivity index (χ3v) is 8.64. The SMILES string of the molecule is C=C/C(C)=C\C(=C(C)C)C(C)Cc1ccc2c(c1)CCC2.CC.CCCC(CCC)CN1CCC(C)(C)CC1. The van der Waals surface area contributed by atoms with Crippen LogP contribution in [0.25, 0.3) is 0 Å². The van der Waals surface area contributed by atoms with Crippen LogP contribution < -0.4 is 0 Å². The van der Waals surface area contributed by atoms with E-state index >= 15 is 0 Å². The fraction of sp³-hybridized carbons (Fsp3) is 0.684. The fourth-order valence-electron chi connectivity index (χ4n) is 6.15. The number of benzene rings is 1. The van der Waals surface area contributed by atoms with Gasteiger partial charge in [0.05, 0.1) is 0 Å². The van der Waals surface area contributed by atoms with E-state index in [9.17, 15) is 0 Å². The molecular formula is C38H65N. The van der Waals surface area contributed by atoms with Gasteiger partial charge in [-0.2, -0.15) is 0 Å². The van der Waals surface area contributed by atoms with Gasteiger partial charge in [0.25, 0.3) is 0 Å². The molecule has 1 aliphatic carbocycles. The average Bonchev–Trinajstić information content (AvgIpc) is 3.38. The molecule has 222 valence electrons. The van der Waals surface area contributed by atoms with Crippen molar-refractivity contribution in [1.82, 2.24) is 4.90 Å². The zero-order valence-corrected chi connectivity index (χ0v) is 27.9. The Kier molecular flexibility index (Phi) is 17.0. The molecule has 1 heterocycles. The van der Waals surface area contributed by atoms with Crippen LogP contribution >= 0.6 is 0 Å². The van der Waals surface area contributed by atoms with E-state index in [1.54, 1.807) is 11.1 Å². The van der Waals surface area contributed by atoms with Crippen molar-refractivity contribution in [1.29, 1.82) is 0 Å². The summed E-state index contributed by atoms with van der Waals surface area (Å²) in [5, 5.41) is 0. The molecule has 1 aromatic rings. The van der Waals surface area contributed by atoms with Crippen LogP contribution in [0.2, 0.25) is 0 Å². The second-order valence-corrected chi connectivity index (χ2v) is 13.0. The van der Waals surface area contributed by atoms with Crippen molar-refractivity contribution < 1.29 is 0 Å². The minimum Gasteiger partial charge on any atom is -0.303 e. The van der Waals surface area contributed by atoms with Crippen LogP contribution in [0, 0.1) is 17.3 Å². The lowest BCUT2D eigenvalue weighted by Gasteiger charge is -2.38. The molecule has 0 saturated carbocycles. The molecule has 3 rings (SSSR count). The lowest BCUT2D eigenvalue weighted by Crippen LogP contribution is -2.39. The quantitative estimate of drug-likeness (QED) is 0.255. The Bertz CT molecular complexity index is 879. The third kappa shape index (κ3) is 13.1. The molecule has 1 fully saturated rings. The molecule has 1 aromatic carbocycles. The normalized spacial score (nSPS) is 17.4. The van der Waals surface area contributed by atoms with E-state index in [1.165, 1.54) is 99.7 Å². The van der Waals surface area contributed by atoms with Crippen LogP contribution in [0.5, 0.6) is 0 Å². The third-order valence-electron chi connectivity index (χ3n) is 8.64. The molecule has 1 aliphatic heterocycles. The second-order valence-electron chi connectivity index (χ2n) is 13.0. The predicted molar refractivity (Wildman–Crippen MR) is 178 cm³/mol. The van der Waals surface area contributed by atoms with Crippen molar-refractivity contribution in [2.24, 2.45) is 17.3 Å². The summed E-state index contributed by atoms with van der Waals surface area (Å²) in [7, 11) is 0. The van der Waals surface area contributed by atoms with Gasteiger partial charge in [0, 0.05) is 6.54 Å². The Morgan fingerprint density at radius 1 is 0.974 bits per heavy atom. The van der Waals surface area contributed by atoms with Crippen molar-refractivity contribution in [3.8, 4) is 0 Å². The summed E-state index contributed by atoms with van der Waals surface area (Å²) >= 11 is 0. The van der Waals surface area contributed by atoms with E-state index < -0.39 is 0 Å². The zero-order chi connectivity index (χ0) is 29.4. The number of piperidine rings is 1. The summed E-state index contributed by atoms with van der Waals surface area (Å²) in [4.78, 5) is 2.71. The van der Waals surface area contributed by atoms with Gasteiger partial charge in [-0.25, -0.2) is 0 Å². The molecule has 0 spiro atoms. The van der Waals surface area contributed by atoms with Gasteiger partial charge in [-0.3, -0.25) is 0 Å². The Balaban J connectivity index is 0.000000379. The largest absolute Gasteiger partial charge is 0.303 e. The molecule has 1 atom stereocenters. The number of rotatable bonds is 11. The number of likely N-dealkylation sites (tertiary alicyclic amines) is 1. The molecule has 0 amide bonds. The number of aryl methyl sites for hydroxylation is 2. The van der Waals surface area contributed by atoms with E-state index in [0.717, 1.165) is 12.3 Å². The smallest absolute Gasteiger partial charge is 0.000966 e. The summed E-state index contributed by atoms with van der Waals surface area (Å²) in [5.41, 5.74) is 9.32. The standard InChI is InChI=1S/C21H28.C15H31N.C2H6/c1-6-16(4)12-21(15(2)3)17(5)13-18-10-11-19-8-7-9-20(19)14-18;1-5-7-14(8-6-2)13-16-11-9-15(3,4)10-12-16;1-2/h6,10-12,14,17H,1,7-9,13H2,2-5H3;14H,5-13H2,1-4H3;1-2H3/b16-12-;;. The molecule has 0 aromatic heterocycles. The first-order valence-electron chi connectivity index (χ1n) is 16.4. The first kappa shape index (κ1) is 35.4. The van der Waals surface area contributed by atoms with Gasteiger partial charge in [0.15, 0.2) is 0 Å². The molecule has 0 bridgehead atoms. The Morgan fingerprint density at radius 2 is 1.56 bits per heavy atom. The number of hydrogen-bond donors (Lipinski definition) is 0. The van der Waals surface area contributed by atoms with Gasteiger partial charge < -0.3 is 4.90 Å². The summed E-state index contributed by atoms with van der Waals surface area (Å²) in [6.45, 7) is 30.2. The Labute approximate surface area is 245 Å². The van der Waals surface area contributed by atoms with Gasteiger partial charge in [-0.1, -0.05) is 109 Å². The molecule has 0 radical (unpaired) electrons. The number of nitrogens with zero attached hydrogens (tertiary/aromatic N) is 1.